The number of aryl methyl sites for hydroxylation is 1. The van der Waals surface area contributed by atoms with Gasteiger partial charge in [-0.15, -0.1) is 0 Å². The standard InChI is InChI=1S/C11H16N2O2S/c1-9-3-2-5-12-11(9)7-13-10-4-6-16(14,15)8-10/h2-3,5,10,13H,4,6-8H2,1H3. The van der Waals surface area contributed by atoms with Gasteiger partial charge in [0.05, 0.1) is 17.2 Å². The highest BCUT2D eigenvalue weighted by Crippen LogP contribution is 2.12. The Morgan fingerprint density at radius 1 is 1.56 bits per heavy atom. The van der Waals surface area contributed by atoms with Crippen LogP contribution in [0.1, 0.15) is 17.7 Å². The Morgan fingerprint density at radius 2 is 2.38 bits per heavy atom. The second kappa shape index (κ2) is 4.51. The zero-order chi connectivity index (χ0) is 11.6. The molecule has 16 heavy (non-hydrogen) atoms. The summed E-state index contributed by atoms with van der Waals surface area (Å²) >= 11 is 0. The first-order valence-corrected chi connectivity index (χ1v) is 7.23. The van der Waals surface area contributed by atoms with Gasteiger partial charge in [0.1, 0.15) is 0 Å². The number of hydrogen-bond acceptors (Lipinski definition) is 4. The first-order valence-electron chi connectivity index (χ1n) is 5.41. The molecule has 1 aliphatic rings. The van der Waals surface area contributed by atoms with Crippen molar-refractivity contribution in [3.8, 4) is 0 Å². The summed E-state index contributed by atoms with van der Waals surface area (Å²) in [6, 6.07) is 4.00. The number of pyridine rings is 1. The molecule has 1 aromatic rings. The van der Waals surface area contributed by atoms with Crippen LogP contribution in [0.4, 0.5) is 0 Å². The van der Waals surface area contributed by atoms with Crippen LogP contribution >= 0.6 is 0 Å². The zero-order valence-electron chi connectivity index (χ0n) is 9.31. The summed E-state index contributed by atoms with van der Waals surface area (Å²) in [6.07, 6.45) is 2.48. The Morgan fingerprint density at radius 3 is 3.00 bits per heavy atom. The maximum absolute atomic E-state index is 11.3. The van der Waals surface area contributed by atoms with Crippen LogP contribution in [0.2, 0.25) is 0 Å². The Hall–Kier alpha value is -0.940. The minimum absolute atomic E-state index is 0.0893. The van der Waals surface area contributed by atoms with Gasteiger partial charge >= 0.3 is 0 Å². The second-order valence-corrected chi connectivity index (χ2v) is 6.48. The maximum Gasteiger partial charge on any atom is 0.151 e. The van der Waals surface area contributed by atoms with Crippen LogP contribution in [0.5, 0.6) is 0 Å². The van der Waals surface area contributed by atoms with Crippen molar-refractivity contribution in [3.63, 3.8) is 0 Å². The van der Waals surface area contributed by atoms with E-state index in [0.29, 0.717) is 18.7 Å². The normalized spacial score (nSPS) is 23.4. The highest BCUT2D eigenvalue weighted by atomic mass is 32.2. The first-order chi connectivity index (χ1) is 7.57. The van der Waals surface area contributed by atoms with Crippen molar-refractivity contribution in [1.82, 2.24) is 10.3 Å². The summed E-state index contributed by atoms with van der Waals surface area (Å²) in [5, 5.41) is 3.25. The molecule has 2 rings (SSSR count). The molecule has 0 amide bonds. The molecule has 0 radical (unpaired) electrons. The van der Waals surface area contributed by atoms with Crippen LogP contribution < -0.4 is 5.32 Å². The van der Waals surface area contributed by atoms with Crippen molar-refractivity contribution < 1.29 is 8.42 Å². The molecule has 0 aromatic carbocycles. The van der Waals surface area contributed by atoms with Gasteiger partial charge < -0.3 is 5.32 Å². The first kappa shape index (κ1) is 11.5. The van der Waals surface area contributed by atoms with Crippen LogP contribution in [0.3, 0.4) is 0 Å². The largest absolute Gasteiger partial charge is 0.307 e. The molecule has 88 valence electrons. The van der Waals surface area contributed by atoms with Crippen molar-refractivity contribution >= 4 is 9.84 Å². The van der Waals surface area contributed by atoms with Gasteiger partial charge in [0.15, 0.2) is 9.84 Å². The third-order valence-electron chi connectivity index (χ3n) is 2.91. The molecule has 1 aliphatic heterocycles. The fraction of sp³-hybridized carbons (Fsp3) is 0.545. The SMILES string of the molecule is Cc1cccnc1CNC1CCS(=O)(=O)C1. The average Bonchev–Trinajstić information content (AvgIpc) is 2.57. The van der Waals surface area contributed by atoms with Gasteiger partial charge in [0.2, 0.25) is 0 Å². The van der Waals surface area contributed by atoms with Crippen molar-refractivity contribution in [2.24, 2.45) is 0 Å². The zero-order valence-corrected chi connectivity index (χ0v) is 10.1. The molecule has 0 saturated carbocycles. The van der Waals surface area contributed by atoms with E-state index in [1.54, 1.807) is 6.20 Å². The quantitative estimate of drug-likeness (QED) is 0.843. The van der Waals surface area contributed by atoms with Crippen molar-refractivity contribution in [3.05, 3.63) is 29.6 Å². The molecule has 5 heteroatoms. The molecule has 0 aliphatic carbocycles. The van der Waals surface area contributed by atoms with Crippen LogP contribution in [-0.4, -0.2) is 30.9 Å². The summed E-state index contributed by atoms with van der Waals surface area (Å²) in [7, 11) is -2.79. The van der Waals surface area contributed by atoms with E-state index in [-0.39, 0.29) is 11.8 Å². The summed E-state index contributed by atoms with van der Waals surface area (Å²) in [6.45, 7) is 2.66. The van der Waals surface area contributed by atoms with Gasteiger partial charge in [-0.1, -0.05) is 6.07 Å². The van der Waals surface area contributed by atoms with Crippen LogP contribution in [-0.2, 0) is 16.4 Å². The van der Waals surface area contributed by atoms with E-state index in [0.717, 1.165) is 11.3 Å². The Bertz CT molecular complexity index is 471. The molecule has 2 heterocycles. The molecule has 0 spiro atoms. The van der Waals surface area contributed by atoms with E-state index in [1.807, 2.05) is 19.1 Å². The number of aromatic nitrogens is 1. The lowest BCUT2D eigenvalue weighted by atomic mass is 10.2. The predicted molar refractivity (Wildman–Crippen MR) is 62.9 cm³/mol. The molecule has 1 atom stereocenters. The van der Waals surface area contributed by atoms with E-state index in [9.17, 15) is 8.42 Å². The van der Waals surface area contributed by atoms with Crippen LogP contribution in [0.25, 0.3) is 0 Å². The van der Waals surface area contributed by atoms with E-state index in [1.165, 1.54) is 0 Å². The summed E-state index contributed by atoms with van der Waals surface area (Å²) in [5.74, 6) is 0.574. The summed E-state index contributed by atoms with van der Waals surface area (Å²) in [4.78, 5) is 4.26. The maximum atomic E-state index is 11.3. The number of nitrogens with zero attached hydrogens (tertiary/aromatic N) is 1. The third kappa shape index (κ3) is 2.80. The summed E-state index contributed by atoms with van der Waals surface area (Å²) in [5.41, 5.74) is 2.13. The lowest BCUT2D eigenvalue weighted by Gasteiger charge is -2.11. The van der Waals surface area contributed by atoms with Gasteiger partial charge in [-0.3, -0.25) is 4.98 Å². The Balaban J connectivity index is 1.92. The molecule has 4 nitrogen and oxygen atoms in total. The van der Waals surface area contributed by atoms with Gasteiger partial charge in [-0.2, -0.15) is 0 Å². The molecule has 1 N–H and O–H groups in total. The van der Waals surface area contributed by atoms with E-state index < -0.39 is 9.84 Å². The van der Waals surface area contributed by atoms with Gasteiger partial charge in [-0.25, -0.2) is 8.42 Å². The highest BCUT2D eigenvalue weighted by Gasteiger charge is 2.27. The van der Waals surface area contributed by atoms with Crippen LogP contribution in [0.15, 0.2) is 18.3 Å². The average molecular weight is 240 g/mol. The monoisotopic (exact) mass is 240 g/mol. The van der Waals surface area contributed by atoms with Crippen LogP contribution in [0, 0.1) is 6.92 Å². The molecule has 1 aromatic heterocycles. The Labute approximate surface area is 96.0 Å². The lowest BCUT2D eigenvalue weighted by Crippen LogP contribution is -2.30. The molecule has 0 bridgehead atoms. The van der Waals surface area contributed by atoms with E-state index in [4.69, 9.17) is 0 Å². The van der Waals surface area contributed by atoms with E-state index in [2.05, 4.69) is 10.3 Å². The fourth-order valence-electron chi connectivity index (χ4n) is 1.90. The number of sulfone groups is 1. The minimum atomic E-state index is -2.79. The third-order valence-corrected chi connectivity index (χ3v) is 4.68. The van der Waals surface area contributed by atoms with Crippen molar-refractivity contribution in [2.75, 3.05) is 11.5 Å². The van der Waals surface area contributed by atoms with E-state index >= 15 is 0 Å². The molecular weight excluding hydrogens is 224 g/mol. The van der Waals surface area contributed by atoms with Crippen molar-refractivity contribution in [1.29, 1.82) is 0 Å². The lowest BCUT2D eigenvalue weighted by molar-refractivity contribution is 0.547. The second-order valence-electron chi connectivity index (χ2n) is 4.25. The molecule has 1 fully saturated rings. The number of nitrogens with one attached hydrogen (secondary N) is 1. The number of hydrogen-bond donors (Lipinski definition) is 1. The molecule has 1 unspecified atom stereocenters. The van der Waals surface area contributed by atoms with Gasteiger partial charge in [-0.05, 0) is 25.0 Å². The Kier molecular flexibility index (Phi) is 3.25. The smallest absolute Gasteiger partial charge is 0.151 e. The fourth-order valence-corrected chi connectivity index (χ4v) is 3.61. The molecule has 1 saturated heterocycles. The number of rotatable bonds is 3. The predicted octanol–water partition coefficient (Wildman–Crippen LogP) is 0.667. The van der Waals surface area contributed by atoms with Crippen molar-refractivity contribution in [2.45, 2.75) is 25.9 Å². The molecular formula is C11H16N2O2S. The minimum Gasteiger partial charge on any atom is -0.307 e. The topological polar surface area (TPSA) is 59.1 Å². The van der Waals surface area contributed by atoms with Gasteiger partial charge in [0, 0.05) is 18.8 Å². The van der Waals surface area contributed by atoms with Gasteiger partial charge in [0.25, 0.3) is 0 Å². The highest BCUT2D eigenvalue weighted by molar-refractivity contribution is 7.91. The summed E-state index contributed by atoms with van der Waals surface area (Å²) < 4.78 is 22.5.